The molecule has 0 radical (unpaired) electrons. The van der Waals surface area contributed by atoms with Crippen LogP contribution in [0.5, 0.6) is 0 Å². The van der Waals surface area contributed by atoms with Crippen molar-refractivity contribution in [3.63, 3.8) is 0 Å². The molecule has 26 heavy (non-hydrogen) atoms. The molecule has 3 aromatic rings. The summed E-state index contributed by atoms with van der Waals surface area (Å²) in [4.78, 5) is 21.9. The maximum Gasteiger partial charge on any atom is 0.260 e. The number of amides is 1. The third kappa shape index (κ3) is 3.94. The van der Waals surface area contributed by atoms with Gasteiger partial charge in [-0.05, 0) is 64.2 Å². The van der Waals surface area contributed by atoms with Gasteiger partial charge < -0.3 is 4.90 Å². The first-order chi connectivity index (χ1) is 12.3. The van der Waals surface area contributed by atoms with Crippen LogP contribution in [0.15, 0.2) is 36.4 Å². The van der Waals surface area contributed by atoms with E-state index in [1.165, 1.54) is 5.56 Å². The Balaban J connectivity index is 2.01. The minimum atomic E-state index is 0.0140. The maximum atomic E-state index is 13.3. The van der Waals surface area contributed by atoms with Crippen molar-refractivity contribution >= 4 is 32.6 Å². The number of nitrogens with zero attached hydrogens (tertiary/aromatic N) is 3. The summed E-state index contributed by atoms with van der Waals surface area (Å²) in [5, 5.41) is 0.762. The predicted octanol–water partition coefficient (Wildman–Crippen LogP) is 4.43. The van der Waals surface area contributed by atoms with Crippen molar-refractivity contribution in [3.05, 3.63) is 58.7 Å². The molecule has 2 aromatic carbocycles. The molecule has 0 spiro atoms. The number of rotatable bonds is 5. The molecule has 0 saturated carbocycles. The van der Waals surface area contributed by atoms with Crippen molar-refractivity contribution in [2.75, 3.05) is 32.1 Å². The lowest BCUT2D eigenvalue weighted by atomic mass is 10.0. The van der Waals surface area contributed by atoms with Gasteiger partial charge in [-0.15, -0.1) is 0 Å². The summed E-state index contributed by atoms with van der Waals surface area (Å²) < 4.78 is 1.11. The lowest BCUT2D eigenvalue weighted by molar-refractivity contribution is 0.0984. The molecular formula is C21H25N3OS. The number of likely N-dealkylation sites (N-methyl/N-ethyl adjacent to an activating group) is 1. The van der Waals surface area contributed by atoms with Gasteiger partial charge in [0.1, 0.15) is 0 Å². The smallest absolute Gasteiger partial charge is 0.260 e. The van der Waals surface area contributed by atoms with E-state index in [1.54, 1.807) is 11.3 Å². The first-order valence-electron chi connectivity index (χ1n) is 8.76. The van der Waals surface area contributed by atoms with Crippen molar-refractivity contribution in [2.45, 2.75) is 20.8 Å². The second-order valence-corrected chi connectivity index (χ2v) is 8.06. The Bertz CT molecular complexity index is 946. The Kier molecular flexibility index (Phi) is 5.39. The van der Waals surface area contributed by atoms with Crippen molar-refractivity contribution in [3.8, 4) is 0 Å². The highest BCUT2D eigenvalue weighted by atomic mass is 32.1. The number of benzene rings is 2. The van der Waals surface area contributed by atoms with Crippen LogP contribution in [-0.4, -0.2) is 43.0 Å². The van der Waals surface area contributed by atoms with Crippen LogP contribution in [0.4, 0.5) is 5.13 Å². The predicted molar refractivity (Wildman–Crippen MR) is 111 cm³/mol. The van der Waals surface area contributed by atoms with Crippen LogP contribution in [0.1, 0.15) is 27.0 Å². The van der Waals surface area contributed by atoms with Gasteiger partial charge in [0.25, 0.3) is 5.91 Å². The molecule has 0 aliphatic carbocycles. The van der Waals surface area contributed by atoms with Gasteiger partial charge in [0.15, 0.2) is 5.13 Å². The van der Waals surface area contributed by atoms with Crippen LogP contribution >= 0.6 is 11.3 Å². The molecule has 0 atom stereocenters. The summed E-state index contributed by atoms with van der Waals surface area (Å²) in [6.07, 6.45) is 0. The summed E-state index contributed by atoms with van der Waals surface area (Å²) in [5.41, 5.74) is 5.05. The third-order valence-corrected chi connectivity index (χ3v) is 5.43. The number of anilines is 1. The van der Waals surface area contributed by atoms with Gasteiger partial charge in [-0.25, -0.2) is 4.98 Å². The zero-order valence-corrected chi connectivity index (χ0v) is 16.9. The van der Waals surface area contributed by atoms with Gasteiger partial charge >= 0.3 is 0 Å². The number of aromatic nitrogens is 1. The monoisotopic (exact) mass is 367 g/mol. The molecule has 136 valence electrons. The van der Waals surface area contributed by atoms with Crippen molar-refractivity contribution in [1.82, 2.24) is 9.88 Å². The third-order valence-electron chi connectivity index (χ3n) is 4.39. The van der Waals surface area contributed by atoms with Crippen molar-refractivity contribution in [2.24, 2.45) is 0 Å². The van der Waals surface area contributed by atoms with Crippen molar-refractivity contribution < 1.29 is 4.79 Å². The fourth-order valence-corrected chi connectivity index (χ4v) is 4.01. The molecular weight excluding hydrogens is 342 g/mol. The average Bonchev–Trinajstić information content (AvgIpc) is 2.97. The molecule has 1 aromatic heterocycles. The minimum absolute atomic E-state index is 0.0140. The zero-order chi connectivity index (χ0) is 18.8. The Morgan fingerprint density at radius 2 is 1.69 bits per heavy atom. The van der Waals surface area contributed by atoms with Crippen LogP contribution in [0.25, 0.3) is 10.2 Å². The summed E-state index contributed by atoms with van der Waals surface area (Å²) in [6.45, 7) is 7.50. The number of hydrogen-bond acceptors (Lipinski definition) is 4. The van der Waals surface area contributed by atoms with Crippen LogP contribution in [0.2, 0.25) is 0 Å². The minimum Gasteiger partial charge on any atom is -0.308 e. The summed E-state index contributed by atoms with van der Waals surface area (Å²) in [6, 6.07) is 12.2. The molecule has 0 bridgehead atoms. The van der Waals surface area contributed by atoms with E-state index >= 15 is 0 Å². The van der Waals surface area contributed by atoms with E-state index < -0.39 is 0 Å². The molecule has 4 nitrogen and oxygen atoms in total. The van der Waals surface area contributed by atoms with Gasteiger partial charge in [-0.1, -0.05) is 35.1 Å². The molecule has 5 heteroatoms. The van der Waals surface area contributed by atoms with E-state index in [0.717, 1.165) is 38.6 Å². The Morgan fingerprint density at radius 3 is 2.38 bits per heavy atom. The lowest BCUT2D eigenvalue weighted by Gasteiger charge is -2.22. The van der Waals surface area contributed by atoms with Crippen LogP contribution in [0.3, 0.4) is 0 Å². The molecule has 0 unspecified atom stereocenters. The van der Waals surface area contributed by atoms with E-state index in [4.69, 9.17) is 4.98 Å². The summed E-state index contributed by atoms with van der Waals surface area (Å²) >= 11 is 1.58. The molecule has 0 fully saturated rings. The van der Waals surface area contributed by atoms with Crippen molar-refractivity contribution in [1.29, 1.82) is 0 Å². The summed E-state index contributed by atoms with van der Waals surface area (Å²) in [5.74, 6) is 0.0140. The highest BCUT2D eigenvalue weighted by Crippen LogP contribution is 2.30. The SMILES string of the molecule is Cc1ccc(C(=O)N(CCN(C)C)c2nc3ccc(C)cc3s2)c(C)c1. The average molecular weight is 368 g/mol. The first kappa shape index (κ1) is 18.5. The number of carbonyl (C=O) groups is 1. The topological polar surface area (TPSA) is 36.4 Å². The molecule has 1 heterocycles. The normalized spacial score (nSPS) is 11.3. The van der Waals surface area contributed by atoms with E-state index in [-0.39, 0.29) is 5.91 Å². The van der Waals surface area contributed by atoms with E-state index in [0.29, 0.717) is 6.54 Å². The molecule has 1 amide bonds. The van der Waals surface area contributed by atoms with Gasteiger partial charge in [-0.3, -0.25) is 9.69 Å². The van der Waals surface area contributed by atoms with Gasteiger partial charge in [0, 0.05) is 18.7 Å². The largest absolute Gasteiger partial charge is 0.308 e. The fourth-order valence-electron chi connectivity index (χ4n) is 2.92. The number of fused-ring (bicyclic) bond motifs is 1. The van der Waals surface area contributed by atoms with E-state index in [1.807, 2.05) is 51.0 Å². The van der Waals surface area contributed by atoms with Crippen LogP contribution < -0.4 is 4.90 Å². The number of carbonyl (C=O) groups excluding carboxylic acids is 1. The molecule has 0 aliphatic heterocycles. The number of thiazole rings is 1. The fraction of sp³-hybridized carbons (Fsp3) is 0.333. The Morgan fingerprint density at radius 1 is 1.00 bits per heavy atom. The first-order valence-corrected chi connectivity index (χ1v) is 9.58. The van der Waals surface area contributed by atoms with E-state index in [2.05, 4.69) is 30.0 Å². The van der Waals surface area contributed by atoms with Crippen LogP contribution in [0, 0.1) is 20.8 Å². The Labute approximate surface area is 159 Å². The quantitative estimate of drug-likeness (QED) is 0.669. The second kappa shape index (κ2) is 7.56. The molecule has 0 saturated heterocycles. The van der Waals surface area contributed by atoms with Gasteiger partial charge in [0.2, 0.25) is 0 Å². The highest BCUT2D eigenvalue weighted by molar-refractivity contribution is 7.22. The van der Waals surface area contributed by atoms with Gasteiger partial charge in [-0.2, -0.15) is 0 Å². The zero-order valence-electron chi connectivity index (χ0n) is 16.0. The van der Waals surface area contributed by atoms with Crippen LogP contribution in [-0.2, 0) is 0 Å². The Hall–Kier alpha value is -2.24. The molecule has 0 N–H and O–H groups in total. The summed E-state index contributed by atoms with van der Waals surface area (Å²) in [7, 11) is 4.03. The van der Waals surface area contributed by atoms with E-state index in [9.17, 15) is 4.79 Å². The lowest BCUT2D eigenvalue weighted by Crippen LogP contribution is -2.37. The molecule has 0 aliphatic rings. The van der Waals surface area contributed by atoms with Gasteiger partial charge in [0.05, 0.1) is 10.2 Å². The maximum absolute atomic E-state index is 13.3. The highest BCUT2D eigenvalue weighted by Gasteiger charge is 2.22. The number of hydrogen-bond donors (Lipinski definition) is 0. The standard InChI is InChI=1S/C21H25N3OS/c1-14-6-8-17(16(3)12-14)20(25)24(11-10-23(4)5)21-22-18-9-7-15(2)13-19(18)26-21/h6-9,12-13H,10-11H2,1-5H3. The second-order valence-electron chi connectivity index (χ2n) is 7.05. The number of aryl methyl sites for hydroxylation is 3. The molecule has 3 rings (SSSR count).